The highest BCUT2D eigenvalue weighted by molar-refractivity contribution is 6.09. The molecule has 18 heavy (non-hydrogen) atoms. The highest BCUT2D eigenvalue weighted by atomic mass is 16.4. The summed E-state index contributed by atoms with van der Waals surface area (Å²) in [5.74, 6) is -2.31. The lowest BCUT2D eigenvalue weighted by Gasteiger charge is -2.05. The maximum atomic E-state index is 10.9. The minimum Gasteiger partial charge on any atom is -0.478 e. The Morgan fingerprint density at radius 1 is 1.00 bits per heavy atom. The highest BCUT2D eigenvalue weighted by Crippen LogP contribution is 2.22. The van der Waals surface area contributed by atoms with E-state index < -0.39 is 11.9 Å². The molecule has 0 unspecified atom stereocenters. The van der Waals surface area contributed by atoms with Crippen LogP contribution in [0.5, 0.6) is 0 Å². The summed E-state index contributed by atoms with van der Waals surface area (Å²) in [5.41, 5.74) is -0.153. The second kappa shape index (κ2) is 4.29. The number of aromatic carboxylic acids is 2. The second-order valence-electron chi connectivity index (χ2n) is 3.64. The van der Waals surface area contributed by atoms with Crippen LogP contribution in [0, 0.1) is 0 Å². The van der Waals surface area contributed by atoms with Crippen LogP contribution in [-0.2, 0) is 4.79 Å². The molecular formula is C13H7O5. The lowest BCUT2D eigenvalue weighted by atomic mass is 9.98. The van der Waals surface area contributed by atoms with Crippen LogP contribution in [0.3, 0.4) is 0 Å². The zero-order valence-electron chi connectivity index (χ0n) is 9.01. The van der Waals surface area contributed by atoms with Crippen molar-refractivity contribution in [2.45, 2.75) is 0 Å². The van der Waals surface area contributed by atoms with Crippen molar-refractivity contribution in [3.63, 3.8) is 0 Å². The molecule has 0 spiro atoms. The second-order valence-corrected chi connectivity index (χ2v) is 3.64. The van der Waals surface area contributed by atoms with Crippen LogP contribution in [0.25, 0.3) is 10.8 Å². The van der Waals surface area contributed by atoms with E-state index in [1.54, 1.807) is 6.29 Å². The molecule has 0 aliphatic rings. The van der Waals surface area contributed by atoms with Crippen LogP contribution in [0.1, 0.15) is 26.3 Å². The van der Waals surface area contributed by atoms with E-state index in [-0.39, 0.29) is 16.7 Å². The van der Waals surface area contributed by atoms with Gasteiger partial charge in [-0.15, -0.1) is 0 Å². The molecule has 0 bridgehead atoms. The Labute approximate surface area is 101 Å². The van der Waals surface area contributed by atoms with E-state index in [1.807, 2.05) is 0 Å². The van der Waals surface area contributed by atoms with Crippen LogP contribution in [0.4, 0.5) is 0 Å². The summed E-state index contributed by atoms with van der Waals surface area (Å²) in [7, 11) is 0. The molecule has 2 aromatic rings. The van der Waals surface area contributed by atoms with Crippen LogP contribution in [0.15, 0.2) is 30.3 Å². The first-order valence-electron chi connectivity index (χ1n) is 4.96. The first-order valence-corrected chi connectivity index (χ1v) is 4.96. The third-order valence-corrected chi connectivity index (χ3v) is 2.60. The predicted octanol–water partition coefficient (Wildman–Crippen LogP) is 1.69. The molecular weight excluding hydrogens is 236 g/mol. The first-order chi connectivity index (χ1) is 8.54. The third kappa shape index (κ3) is 1.82. The van der Waals surface area contributed by atoms with Gasteiger partial charge in [-0.05, 0) is 29.0 Å². The van der Waals surface area contributed by atoms with Crippen molar-refractivity contribution in [3.05, 3.63) is 47.0 Å². The summed E-state index contributed by atoms with van der Waals surface area (Å²) < 4.78 is 0. The lowest BCUT2D eigenvalue weighted by Crippen LogP contribution is -2.03. The van der Waals surface area contributed by atoms with Gasteiger partial charge in [0.1, 0.15) is 0 Å². The molecule has 5 nitrogen and oxygen atoms in total. The largest absolute Gasteiger partial charge is 0.478 e. The van der Waals surface area contributed by atoms with Crippen molar-refractivity contribution in [1.82, 2.24) is 0 Å². The molecule has 2 rings (SSSR count). The normalized spacial score (nSPS) is 10.2. The topological polar surface area (TPSA) is 91.7 Å². The van der Waals surface area contributed by atoms with Crippen molar-refractivity contribution in [2.24, 2.45) is 0 Å². The minimum atomic E-state index is -1.22. The van der Waals surface area contributed by atoms with Gasteiger partial charge < -0.3 is 10.2 Å². The fraction of sp³-hybridized carbons (Fsp3) is 0. The Bertz CT molecular complexity index is 672. The van der Waals surface area contributed by atoms with Crippen molar-refractivity contribution in [2.75, 3.05) is 0 Å². The summed E-state index contributed by atoms with van der Waals surface area (Å²) in [6, 6.07) is 6.83. The number of hydrogen-bond acceptors (Lipinski definition) is 3. The van der Waals surface area contributed by atoms with Crippen LogP contribution in [0.2, 0.25) is 0 Å². The molecule has 2 N–H and O–H groups in total. The number of benzene rings is 2. The SMILES string of the molecule is O=[C]c1c(C(=O)O)ccc2cc(C(=O)O)ccc12. The Kier molecular flexibility index (Phi) is 2.81. The van der Waals surface area contributed by atoms with Crippen molar-refractivity contribution >= 4 is 29.0 Å². The van der Waals surface area contributed by atoms with Crippen LogP contribution in [-0.4, -0.2) is 28.4 Å². The molecule has 89 valence electrons. The summed E-state index contributed by atoms with van der Waals surface area (Å²) in [5, 5.41) is 18.6. The Morgan fingerprint density at radius 2 is 1.72 bits per heavy atom. The molecule has 0 atom stereocenters. The van der Waals surface area contributed by atoms with Gasteiger partial charge in [0.15, 0.2) is 0 Å². The quantitative estimate of drug-likeness (QED) is 0.855. The molecule has 0 saturated heterocycles. The van der Waals surface area contributed by atoms with Gasteiger partial charge in [0.05, 0.1) is 11.1 Å². The number of fused-ring (bicyclic) bond motifs is 1. The molecule has 0 aliphatic carbocycles. The van der Waals surface area contributed by atoms with E-state index in [2.05, 4.69) is 0 Å². The molecule has 0 amide bonds. The van der Waals surface area contributed by atoms with E-state index in [9.17, 15) is 14.4 Å². The summed E-state index contributed by atoms with van der Waals surface area (Å²) in [4.78, 5) is 32.6. The molecule has 0 aliphatic heterocycles. The van der Waals surface area contributed by atoms with Gasteiger partial charge in [-0.1, -0.05) is 12.1 Å². The smallest absolute Gasteiger partial charge is 0.336 e. The Morgan fingerprint density at radius 3 is 2.28 bits per heavy atom. The van der Waals surface area contributed by atoms with Gasteiger partial charge in [-0.2, -0.15) is 0 Å². The molecule has 1 radical (unpaired) electrons. The van der Waals surface area contributed by atoms with Crippen molar-refractivity contribution < 1.29 is 24.6 Å². The van der Waals surface area contributed by atoms with E-state index in [4.69, 9.17) is 10.2 Å². The van der Waals surface area contributed by atoms with E-state index in [0.29, 0.717) is 10.8 Å². The number of carbonyl (C=O) groups is 2. The summed E-state index contributed by atoms with van der Waals surface area (Å²) in [6.07, 6.45) is 1.59. The molecule has 2 aromatic carbocycles. The first kappa shape index (κ1) is 11.8. The van der Waals surface area contributed by atoms with Gasteiger partial charge in [0.25, 0.3) is 0 Å². The number of carboxylic acids is 2. The van der Waals surface area contributed by atoms with Crippen LogP contribution >= 0.6 is 0 Å². The molecule has 5 heteroatoms. The highest BCUT2D eigenvalue weighted by Gasteiger charge is 2.14. The van der Waals surface area contributed by atoms with Gasteiger partial charge in [0.2, 0.25) is 6.29 Å². The molecule has 0 saturated carbocycles. The third-order valence-electron chi connectivity index (χ3n) is 2.60. The van der Waals surface area contributed by atoms with Crippen molar-refractivity contribution in [1.29, 1.82) is 0 Å². The lowest BCUT2D eigenvalue weighted by molar-refractivity contribution is 0.0685. The standard InChI is InChI=1S/C13H7O5/c14-6-11-9-3-2-8(12(15)16)5-7(9)1-4-10(11)13(17)18/h1-5H,(H,15,16)(H,17,18). The van der Waals surface area contributed by atoms with Gasteiger partial charge >= 0.3 is 11.9 Å². The minimum absolute atomic E-state index is 0.0717. The number of carbonyl (C=O) groups excluding carboxylic acids is 1. The van der Waals surface area contributed by atoms with Crippen LogP contribution < -0.4 is 0 Å². The van der Waals surface area contributed by atoms with Crippen molar-refractivity contribution in [3.8, 4) is 0 Å². The molecule has 0 fully saturated rings. The molecule has 0 heterocycles. The summed E-state index contributed by atoms with van der Waals surface area (Å²) >= 11 is 0. The predicted molar refractivity (Wildman–Crippen MR) is 62.7 cm³/mol. The molecule has 0 aromatic heterocycles. The van der Waals surface area contributed by atoms with Gasteiger partial charge in [-0.3, -0.25) is 4.79 Å². The maximum Gasteiger partial charge on any atom is 0.336 e. The number of carboxylic acid groups (broad SMARTS) is 2. The maximum absolute atomic E-state index is 10.9. The average molecular weight is 243 g/mol. The zero-order valence-corrected chi connectivity index (χ0v) is 9.01. The fourth-order valence-electron chi connectivity index (χ4n) is 1.75. The van der Waals surface area contributed by atoms with E-state index in [0.717, 1.165) is 0 Å². The summed E-state index contributed by atoms with van der Waals surface area (Å²) in [6.45, 7) is 0. The van der Waals surface area contributed by atoms with E-state index in [1.165, 1.54) is 30.3 Å². The monoisotopic (exact) mass is 243 g/mol. The average Bonchev–Trinajstić information content (AvgIpc) is 2.36. The Hall–Kier alpha value is -2.69. The van der Waals surface area contributed by atoms with Gasteiger partial charge in [0, 0.05) is 5.56 Å². The van der Waals surface area contributed by atoms with Gasteiger partial charge in [-0.25, -0.2) is 9.59 Å². The number of rotatable bonds is 3. The Balaban J connectivity index is 2.79. The number of hydrogen-bond donors (Lipinski definition) is 2. The van der Waals surface area contributed by atoms with E-state index >= 15 is 0 Å². The zero-order chi connectivity index (χ0) is 13.3. The fourth-order valence-corrected chi connectivity index (χ4v) is 1.75.